The van der Waals surface area contributed by atoms with Gasteiger partial charge in [0.05, 0.1) is 0 Å². The Balaban J connectivity index is 2.35. The zero-order valence-electron chi connectivity index (χ0n) is 12.6. The number of nitrogens with zero attached hydrogens (tertiary/aromatic N) is 1. The van der Waals surface area contributed by atoms with Crippen LogP contribution in [0.4, 0.5) is 14.5 Å². The number of hydrogen-bond donors (Lipinski definition) is 0. The number of aryl methyl sites for hydroxylation is 2. The van der Waals surface area contributed by atoms with Gasteiger partial charge in [0.2, 0.25) is 0 Å². The number of benzene rings is 1. The maximum absolute atomic E-state index is 12.8. The Bertz CT molecular complexity index is 670. The predicted molar refractivity (Wildman–Crippen MR) is 89.4 cm³/mol. The fraction of sp³-hybridized carbons (Fsp3) is 0.312. The summed E-state index contributed by atoms with van der Waals surface area (Å²) < 4.78 is 25.2. The molecule has 1 amide bonds. The van der Waals surface area contributed by atoms with Crippen molar-refractivity contribution in [1.82, 2.24) is 0 Å². The second-order valence-electron chi connectivity index (χ2n) is 4.83. The molecular formula is C16H17F2NOS2. The Morgan fingerprint density at radius 2 is 2.05 bits per heavy atom. The topological polar surface area (TPSA) is 20.3 Å². The summed E-state index contributed by atoms with van der Waals surface area (Å²) in [6.07, 6.45) is 0. The van der Waals surface area contributed by atoms with Gasteiger partial charge >= 0.3 is 0 Å². The number of halogens is 2. The largest absolute Gasteiger partial charge is 0.308 e. The van der Waals surface area contributed by atoms with E-state index in [2.05, 4.69) is 0 Å². The fourth-order valence-electron chi connectivity index (χ4n) is 2.30. The third kappa shape index (κ3) is 3.67. The first kappa shape index (κ1) is 17.0. The molecule has 0 atom stereocenters. The van der Waals surface area contributed by atoms with Crippen molar-refractivity contribution < 1.29 is 13.6 Å². The molecule has 2 nitrogen and oxygen atoms in total. The van der Waals surface area contributed by atoms with E-state index in [-0.39, 0.29) is 5.91 Å². The molecule has 0 aliphatic carbocycles. The third-order valence-electron chi connectivity index (χ3n) is 3.24. The lowest BCUT2D eigenvalue weighted by Gasteiger charge is -2.23. The van der Waals surface area contributed by atoms with Crippen molar-refractivity contribution in [3.63, 3.8) is 0 Å². The Kier molecular flexibility index (Phi) is 5.58. The number of thioether (sulfide) groups is 1. The molecule has 0 fully saturated rings. The van der Waals surface area contributed by atoms with Crippen LogP contribution in [0.2, 0.25) is 0 Å². The average molecular weight is 341 g/mol. The third-order valence-corrected chi connectivity index (χ3v) is 5.05. The minimum absolute atomic E-state index is 0.229. The Labute approximate surface area is 137 Å². The highest BCUT2D eigenvalue weighted by molar-refractivity contribution is 7.99. The molecule has 22 heavy (non-hydrogen) atoms. The van der Waals surface area contributed by atoms with Crippen molar-refractivity contribution in [2.75, 3.05) is 11.4 Å². The van der Waals surface area contributed by atoms with Crippen LogP contribution in [0.25, 0.3) is 0 Å². The lowest BCUT2D eigenvalue weighted by atomic mass is 10.1. The van der Waals surface area contributed by atoms with E-state index in [9.17, 15) is 13.6 Å². The zero-order valence-corrected chi connectivity index (χ0v) is 14.2. The fourth-order valence-corrected chi connectivity index (χ4v) is 3.94. The number of thiophene rings is 1. The SMILES string of the molecule is CCN(C(=O)c1sccc1SC(F)F)c1ccc(C)cc1C. The molecule has 6 heteroatoms. The van der Waals surface area contributed by atoms with Gasteiger partial charge in [0, 0.05) is 17.1 Å². The lowest BCUT2D eigenvalue weighted by molar-refractivity contribution is 0.0989. The van der Waals surface area contributed by atoms with E-state index in [1.165, 1.54) is 11.3 Å². The van der Waals surface area contributed by atoms with Gasteiger partial charge in [-0.25, -0.2) is 0 Å². The molecule has 0 saturated heterocycles. The summed E-state index contributed by atoms with van der Waals surface area (Å²) in [4.78, 5) is 15.1. The molecule has 1 heterocycles. The lowest BCUT2D eigenvalue weighted by Crippen LogP contribution is -2.31. The standard InChI is InChI=1S/C16H17F2NOS2/c1-4-19(12-6-5-10(2)9-11(12)3)15(20)14-13(7-8-21-14)22-16(17)18/h5-9,16H,4H2,1-3H3. The second-order valence-corrected chi connectivity index (χ2v) is 6.78. The first-order valence-electron chi connectivity index (χ1n) is 6.85. The van der Waals surface area contributed by atoms with E-state index in [0.717, 1.165) is 16.8 Å². The molecule has 0 saturated carbocycles. The van der Waals surface area contributed by atoms with Crippen LogP contribution in [0.3, 0.4) is 0 Å². The summed E-state index contributed by atoms with van der Waals surface area (Å²) in [5.41, 5.74) is 2.93. The first-order valence-corrected chi connectivity index (χ1v) is 8.61. The average Bonchev–Trinajstić information content (AvgIpc) is 2.89. The maximum Gasteiger partial charge on any atom is 0.288 e. The van der Waals surface area contributed by atoms with Crippen LogP contribution in [0, 0.1) is 13.8 Å². The van der Waals surface area contributed by atoms with Gasteiger partial charge in [-0.05, 0) is 43.8 Å². The van der Waals surface area contributed by atoms with Crippen molar-refractivity contribution in [2.45, 2.75) is 31.4 Å². The molecule has 0 radical (unpaired) electrons. The maximum atomic E-state index is 12.8. The Morgan fingerprint density at radius 3 is 2.64 bits per heavy atom. The van der Waals surface area contributed by atoms with Gasteiger partial charge < -0.3 is 4.90 Å². The van der Waals surface area contributed by atoms with Gasteiger partial charge in [0.25, 0.3) is 11.7 Å². The summed E-state index contributed by atoms with van der Waals surface area (Å²) in [6.45, 7) is 6.30. The predicted octanol–water partition coefficient (Wildman–Crippen LogP) is 5.35. The second kappa shape index (κ2) is 7.24. The van der Waals surface area contributed by atoms with E-state index >= 15 is 0 Å². The minimum atomic E-state index is -2.53. The highest BCUT2D eigenvalue weighted by Gasteiger charge is 2.23. The van der Waals surface area contributed by atoms with Gasteiger partial charge in [0.1, 0.15) is 4.88 Å². The molecule has 1 aromatic heterocycles. The number of rotatable bonds is 5. The van der Waals surface area contributed by atoms with Crippen molar-refractivity contribution in [3.8, 4) is 0 Å². The number of carbonyl (C=O) groups excluding carboxylic acids is 1. The summed E-state index contributed by atoms with van der Waals surface area (Å²) >= 11 is 1.62. The highest BCUT2D eigenvalue weighted by Crippen LogP contribution is 2.34. The van der Waals surface area contributed by atoms with Crippen molar-refractivity contribution >= 4 is 34.7 Å². The summed E-state index contributed by atoms with van der Waals surface area (Å²) in [5, 5.41) is 1.67. The van der Waals surface area contributed by atoms with Gasteiger partial charge in [0.15, 0.2) is 0 Å². The van der Waals surface area contributed by atoms with Crippen LogP contribution in [0.5, 0.6) is 0 Å². The Hall–Kier alpha value is -1.40. The summed E-state index contributed by atoms with van der Waals surface area (Å²) in [7, 11) is 0. The summed E-state index contributed by atoms with van der Waals surface area (Å²) in [5.74, 6) is -2.76. The molecule has 0 spiro atoms. The highest BCUT2D eigenvalue weighted by atomic mass is 32.2. The van der Waals surface area contributed by atoms with Crippen LogP contribution in [-0.2, 0) is 0 Å². The number of anilines is 1. The van der Waals surface area contributed by atoms with Gasteiger partial charge in [-0.3, -0.25) is 4.79 Å². The minimum Gasteiger partial charge on any atom is -0.308 e. The van der Waals surface area contributed by atoms with E-state index in [1.807, 2.05) is 39.0 Å². The van der Waals surface area contributed by atoms with Crippen LogP contribution < -0.4 is 4.90 Å². The molecule has 0 aliphatic rings. The Morgan fingerprint density at radius 1 is 1.32 bits per heavy atom. The summed E-state index contributed by atoms with van der Waals surface area (Å²) in [6, 6.07) is 7.43. The first-order chi connectivity index (χ1) is 10.4. The smallest absolute Gasteiger partial charge is 0.288 e. The van der Waals surface area contributed by atoms with Gasteiger partial charge in [-0.15, -0.1) is 11.3 Å². The monoisotopic (exact) mass is 341 g/mol. The molecule has 0 N–H and O–H groups in total. The molecule has 118 valence electrons. The molecule has 2 rings (SSSR count). The normalized spacial score (nSPS) is 11.0. The molecule has 0 aliphatic heterocycles. The van der Waals surface area contributed by atoms with Gasteiger partial charge in [-0.1, -0.05) is 29.5 Å². The molecule has 1 aromatic carbocycles. The van der Waals surface area contributed by atoms with E-state index in [0.29, 0.717) is 28.1 Å². The van der Waals surface area contributed by atoms with Crippen molar-refractivity contribution in [1.29, 1.82) is 0 Å². The van der Waals surface area contributed by atoms with Crippen molar-refractivity contribution in [3.05, 3.63) is 45.6 Å². The van der Waals surface area contributed by atoms with E-state index in [4.69, 9.17) is 0 Å². The number of hydrogen-bond acceptors (Lipinski definition) is 3. The van der Waals surface area contributed by atoms with Crippen LogP contribution in [-0.4, -0.2) is 18.2 Å². The molecule has 0 bridgehead atoms. The number of alkyl halides is 2. The number of amides is 1. The van der Waals surface area contributed by atoms with Crippen LogP contribution >= 0.6 is 23.1 Å². The quantitative estimate of drug-likeness (QED) is 0.684. The van der Waals surface area contributed by atoms with Gasteiger partial charge in [-0.2, -0.15) is 8.78 Å². The number of carbonyl (C=O) groups is 1. The van der Waals surface area contributed by atoms with Crippen LogP contribution in [0.15, 0.2) is 34.5 Å². The van der Waals surface area contributed by atoms with E-state index in [1.54, 1.807) is 16.3 Å². The molecular weight excluding hydrogens is 324 g/mol. The van der Waals surface area contributed by atoms with E-state index < -0.39 is 5.76 Å². The van der Waals surface area contributed by atoms with Crippen LogP contribution in [0.1, 0.15) is 27.7 Å². The molecule has 2 aromatic rings. The molecule has 0 unspecified atom stereocenters. The van der Waals surface area contributed by atoms with Crippen molar-refractivity contribution in [2.24, 2.45) is 0 Å². The zero-order chi connectivity index (χ0) is 16.3.